The van der Waals surface area contributed by atoms with Gasteiger partial charge in [-0.05, 0) is 24.0 Å². The van der Waals surface area contributed by atoms with Gasteiger partial charge in [0.25, 0.3) is 0 Å². The first-order chi connectivity index (χ1) is 7.74. The summed E-state index contributed by atoms with van der Waals surface area (Å²) < 4.78 is 18.3. The third kappa shape index (κ3) is 2.21. The highest BCUT2D eigenvalue weighted by atomic mass is 32.2. The SMILES string of the molecule is CSc1ccc(C2OC(C)=NC2CF)cc1. The maximum absolute atomic E-state index is 12.8. The largest absolute Gasteiger partial charge is 0.471 e. The highest BCUT2D eigenvalue weighted by Gasteiger charge is 2.30. The van der Waals surface area contributed by atoms with Crippen LogP contribution < -0.4 is 0 Å². The lowest BCUT2D eigenvalue weighted by molar-refractivity contribution is 0.179. The van der Waals surface area contributed by atoms with Gasteiger partial charge in [-0.1, -0.05) is 12.1 Å². The molecular weight excluding hydrogens is 225 g/mol. The Labute approximate surface area is 98.9 Å². The van der Waals surface area contributed by atoms with E-state index in [0.29, 0.717) is 5.90 Å². The maximum atomic E-state index is 12.8. The molecule has 2 rings (SSSR count). The van der Waals surface area contributed by atoms with E-state index in [4.69, 9.17) is 4.74 Å². The van der Waals surface area contributed by atoms with Gasteiger partial charge in [0.15, 0.2) is 12.0 Å². The highest BCUT2D eigenvalue weighted by Crippen LogP contribution is 2.30. The summed E-state index contributed by atoms with van der Waals surface area (Å²) in [5, 5.41) is 0. The van der Waals surface area contributed by atoms with Gasteiger partial charge < -0.3 is 4.74 Å². The van der Waals surface area contributed by atoms with Crippen molar-refractivity contribution in [3.63, 3.8) is 0 Å². The fourth-order valence-corrected chi connectivity index (χ4v) is 2.20. The Morgan fingerprint density at radius 2 is 2.06 bits per heavy atom. The number of benzene rings is 1. The number of nitrogens with zero attached hydrogens (tertiary/aromatic N) is 1. The van der Waals surface area contributed by atoms with Gasteiger partial charge in [0.05, 0.1) is 0 Å². The van der Waals surface area contributed by atoms with Crippen molar-refractivity contribution < 1.29 is 9.13 Å². The fraction of sp³-hybridized carbons (Fsp3) is 0.417. The van der Waals surface area contributed by atoms with Crippen LogP contribution in [0.15, 0.2) is 34.2 Å². The quantitative estimate of drug-likeness (QED) is 0.755. The van der Waals surface area contributed by atoms with Gasteiger partial charge in [-0.25, -0.2) is 9.38 Å². The molecule has 0 fully saturated rings. The van der Waals surface area contributed by atoms with Gasteiger partial charge >= 0.3 is 0 Å². The maximum Gasteiger partial charge on any atom is 0.181 e. The number of hydrogen-bond acceptors (Lipinski definition) is 3. The van der Waals surface area contributed by atoms with Crippen LogP contribution in [0.3, 0.4) is 0 Å². The topological polar surface area (TPSA) is 21.6 Å². The van der Waals surface area contributed by atoms with E-state index in [2.05, 4.69) is 4.99 Å². The van der Waals surface area contributed by atoms with E-state index < -0.39 is 6.67 Å². The predicted molar refractivity (Wildman–Crippen MR) is 64.9 cm³/mol. The second-order valence-corrected chi connectivity index (χ2v) is 4.56. The molecule has 2 unspecified atom stereocenters. The van der Waals surface area contributed by atoms with Crippen LogP contribution in [0.4, 0.5) is 4.39 Å². The van der Waals surface area contributed by atoms with E-state index >= 15 is 0 Å². The zero-order valence-corrected chi connectivity index (χ0v) is 10.1. The summed E-state index contributed by atoms with van der Waals surface area (Å²) in [5.74, 6) is 0.571. The molecule has 0 aromatic heterocycles. The highest BCUT2D eigenvalue weighted by molar-refractivity contribution is 7.98. The van der Waals surface area contributed by atoms with Crippen molar-refractivity contribution in [2.24, 2.45) is 4.99 Å². The minimum Gasteiger partial charge on any atom is -0.471 e. The molecule has 1 aliphatic rings. The summed E-state index contributed by atoms with van der Waals surface area (Å²) in [5.41, 5.74) is 0.987. The van der Waals surface area contributed by atoms with Crippen molar-refractivity contribution in [3.8, 4) is 0 Å². The van der Waals surface area contributed by atoms with E-state index in [1.54, 1.807) is 18.7 Å². The number of alkyl halides is 1. The molecule has 0 N–H and O–H groups in total. The van der Waals surface area contributed by atoms with Crippen LogP contribution in [0, 0.1) is 0 Å². The molecule has 1 aromatic carbocycles. The Balaban J connectivity index is 2.18. The van der Waals surface area contributed by atoms with E-state index in [1.165, 1.54) is 4.90 Å². The summed E-state index contributed by atoms with van der Waals surface area (Å²) >= 11 is 1.68. The zero-order chi connectivity index (χ0) is 11.5. The van der Waals surface area contributed by atoms with Crippen LogP contribution in [-0.2, 0) is 4.74 Å². The van der Waals surface area contributed by atoms with E-state index in [9.17, 15) is 4.39 Å². The van der Waals surface area contributed by atoms with Crippen molar-refractivity contribution in [2.45, 2.75) is 24.0 Å². The molecular formula is C12H14FNOS. The molecule has 0 spiro atoms. The van der Waals surface area contributed by atoms with Crippen LogP contribution in [-0.4, -0.2) is 24.9 Å². The van der Waals surface area contributed by atoms with Gasteiger partial charge in [-0.3, -0.25) is 0 Å². The predicted octanol–water partition coefficient (Wildman–Crippen LogP) is 3.24. The summed E-state index contributed by atoms with van der Waals surface area (Å²) in [6.45, 7) is 1.28. The Morgan fingerprint density at radius 1 is 1.38 bits per heavy atom. The summed E-state index contributed by atoms with van der Waals surface area (Å²) in [7, 11) is 0. The lowest BCUT2D eigenvalue weighted by Crippen LogP contribution is -2.15. The van der Waals surface area contributed by atoms with Crippen LogP contribution in [0.5, 0.6) is 0 Å². The number of aliphatic imine (C=N–C) groups is 1. The molecule has 16 heavy (non-hydrogen) atoms. The molecule has 86 valence electrons. The van der Waals surface area contributed by atoms with Crippen LogP contribution in [0.2, 0.25) is 0 Å². The first-order valence-electron chi connectivity index (χ1n) is 5.15. The molecule has 2 atom stereocenters. The average molecular weight is 239 g/mol. The molecule has 0 aliphatic carbocycles. The van der Waals surface area contributed by atoms with Gasteiger partial charge in [-0.15, -0.1) is 11.8 Å². The van der Waals surface area contributed by atoms with Crippen molar-refractivity contribution in [3.05, 3.63) is 29.8 Å². The third-order valence-corrected chi connectivity index (χ3v) is 3.34. The summed E-state index contributed by atoms with van der Waals surface area (Å²) in [6.07, 6.45) is 1.76. The number of hydrogen-bond donors (Lipinski definition) is 0. The van der Waals surface area contributed by atoms with Gasteiger partial charge in [0.1, 0.15) is 12.7 Å². The average Bonchev–Trinajstić information content (AvgIpc) is 2.70. The molecule has 0 radical (unpaired) electrons. The first kappa shape index (κ1) is 11.5. The molecule has 1 aromatic rings. The van der Waals surface area contributed by atoms with E-state index in [1.807, 2.05) is 30.5 Å². The number of rotatable bonds is 3. The Morgan fingerprint density at radius 3 is 2.62 bits per heavy atom. The summed E-state index contributed by atoms with van der Waals surface area (Å²) in [6, 6.07) is 7.61. The molecule has 0 amide bonds. The van der Waals surface area contributed by atoms with Gasteiger partial charge in [-0.2, -0.15) is 0 Å². The van der Waals surface area contributed by atoms with E-state index in [-0.39, 0.29) is 12.1 Å². The molecule has 0 saturated carbocycles. The molecule has 0 saturated heterocycles. The zero-order valence-electron chi connectivity index (χ0n) is 9.31. The monoisotopic (exact) mass is 239 g/mol. The summed E-state index contributed by atoms with van der Waals surface area (Å²) in [4.78, 5) is 5.31. The smallest absolute Gasteiger partial charge is 0.181 e. The minimum absolute atomic E-state index is 0.263. The lowest BCUT2D eigenvalue weighted by Gasteiger charge is -2.15. The van der Waals surface area contributed by atoms with Crippen LogP contribution in [0.1, 0.15) is 18.6 Å². The second-order valence-electron chi connectivity index (χ2n) is 3.68. The Bertz CT molecular complexity index is 391. The molecule has 1 heterocycles. The van der Waals surface area contributed by atoms with Crippen molar-refractivity contribution in [1.82, 2.24) is 0 Å². The standard InChI is InChI=1S/C12H14FNOS/c1-8-14-11(7-13)12(15-8)9-3-5-10(16-2)6-4-9/h3-6,11-12H,7H2,1-2H3. The van der Waals surface area contributed by atoms with Crippen LogP contribution >= 0.6 is 11.8 Å². The van der Waals surface area contributed by atoms with Gasteiger partial charge in [0, 0.05) is 11.8 Å². The second kappa shape index (κ2) is 4.87. The minimum atomic E-state index is -0.480. The lowest BCUT2D eigenvalue weighted by atomic mass is 10.0. The molecule has 0 bridgehead atoms. The number of halogens is 1. The fourth-order valence-electron chi connectivity index (χ4n) is 1.79. The molecule has 2 nitrogen and oxygen atoms in total. The van der Waals surface area contributed by atoms with Gasteiger partial charge in [0.2, 0.25) is 0 Å². The molecule has 4 heteroatoms. The van der Waals surface area contributed by atoms with Crippen LogP contribution in [0.25, 0.3) is 0 Å². The van der Waals surface area contributed by atoms with Crippen molar-refractivity contribution >= 4 is 17.7 Å². The number of ether oxygens (including phenoxy) is 1. The van der Waals surface area contributed by atoms with Crippen molar-refractivity contribution in [2.75, 3.05) is 12.9 Å². The Hall–Kier alpha value is -1.03. The van der Waals surface area contributed by atoms with E-state index in [0.717, 1.165) is 5.56 Å². The number of thioether (sulfide) groups is 1. The molecule has 1 aliphatic heterocycles. The normalized spacial score (nSPS) is 24.1. The third-order valence-electron chi connectivity index (χ3n) is 2.60. The Kier molecular flexibility index (Phi) is 3.49. The first-order valence-corrected chi connectivity index (χ1v) is 6.38. The van der Waals surface area contributed by atoms with Crippen molar-refractivity contribution in [1.29, 1.82) is 0 Å².